The van der Waals surface area contributed by atoms with Crippen molar-refractivity contribution in [3.05, 3.63) is 103 Å². The first-order valence-electron chi connectivity index (χ1n) is 10.3. The van der Waals surface area contributed by atoms with Crippen LogP contribution in [0.5, 0.6) is 5.75 Å². The molecule has 2 heterocycles. The van der Waals surface area contributed by atoms with E-state index < -0.39 is 5.97 Å². The largest absolute Gasteiger partial charge is 0.489 e. The van der Waals surface area contributed by atoms with Crippen molar-refractivity contribution < 1.29 is 19.1 Å². The van der Waals surface area contributed by atoms with Crippen LogP contribution in [-0.4, -0.2) is 21.0 Å². The predicted octanol–water partition coefficient (Wildman–Crippen LogP) is 6.75. The van der Waals surface area contributed by atoms with Crippen molar-refractivity contribution in [2.24, 2.45) is 0 Å². The Labute approximate surface area is 213 Å². The summed E-state index contributed by atoms with van der Waals surface area (Å²) in [6, 6.07) is 26.3. The fourth-order valence-corrected chi connectivity index (χ4v) is 3.43. The Kier molecular flexibility index (Phi) is 8.30. The van der Waals surface area contributed by atoms with Gasteiger partial charge in [0.05, 0.1) is 5.52 Å². The van der Waals surface area contributed by atoms with Crippen LogP contribution < -0.4 is 10.1 Å². The predicted molar refractivity (Wildman–Crippen MR) is 139 cm³/mol. The first kappa shape index (κ1) is 25.6. The summed E-state index contributed by atoms with van der Waals surface area (Å²) in [4.78, 5) is 19.8. The summed E-state index contributed by atoms with van der Waals surface area (Å²) in [6.07, 6.45) is 1.50. The maximum Gasteiger partial charge on any atom is 0.371 e. The third-order valence-corrected chi connectivity index (χ3v) is 5.10. The van der Waals surface area contributed by atoms with Gasteiger partial charge < -0.3 is 19.6 Å². The van der Waals surface area contributed by atoms with Gasteiger partial charge in [-0.25, -0.2) is 14.8 Å². The minimum atomic E-state index is -1.11. The number of carboxylic acids is 1. The fourth-order valence-electron chi connectivity index (χ4n) is 3.43. The number of nitrogens with one attached hydrogen (secondary N) is 1. The molecule has 0 radical (unpaired) electrons. The molecule has 5 rings (SSSR count). The number of nitrogens with zero attached hydrogens (tertiary/aromatic N) is 2. The molecule has 2 aromatic heterocycles. The van der Waals surface area contributed by atoms with Crippen molar-refractivity contribution in [2.45, 2.75) is 6.61 Å². The van der Waals surface area contributed by atoms with Gasteiger partial charge in [0.2, 0.25) is 5.76 Å². The second-order valence-electron chi connectivity index (χ2n) is 7.35. The maximum absolute atomic E-state index is 11.1. The molecular formula is C26H21Cl2N3O4. The van der Waals surface area contributed by atoms with E-state index in [0.29, 0.717) is 18.2 Å². The summed E-state index contributed by atoms with van der Waals surface area (Å²) in [5, 5.41) is 13.2. The second kappa shape index (κ2) is 11.4. The highest BCUT2D eigenvalue weighted by Gasteiger charge is 2.12. The highest BCUT2D eigenvalue weighted by molar-refractivity contribution is 5.93. The van der Waals surface area contributed by atoms with Crippen LogP contribution in [0, 0.1) is 0 Å². The number of fused-ring (bicyclic) bond motifs is 1. The van der Waals surface area contributed by atoms with Crippen molar-refractivity contribution in [1.82, 2.24) is 9.97 Å². The van der Waals surface area contributed by atoms with Gasteiger partial charge >= 0.3 is 5.97 Å². The number of hydrogen-bond acceptors (Lipinski definition) is 6. The summed E-state index contributed by atoms with van der Waals surface area (Å²) in [6.45, 7) is 0.503. The Morgan fingerprint density at radius 2 is 1.69 bits per heavy atom. The van der Waals surface area contributed by atoms with E-state index in [1.165, 1.54) is 12.4 Å². The minimum absolute atomic E-state index is 0. The molecule has 0 saturated carbocycles. The average molecular weight is 510 g/mol. The van der Waals surface area contributed by atoms with Crippen molar-refractivity contribution in [3.63, 3.8) is 0 Å². The van der Waals surface area contributed by atoms with E-state index in [0.717, 1.165) is 33.5 Å². The van der Waals surface area contributed by atoms with Gasteiger partial charge in [-0.1, -0.05) is 30.3 Å². The molecule has 0 spiro atoms. The molecule has 178 valence electrons. The zero-order chi connectivity index (χ0) is 22.6. The lowest BCUT2D eigenvalue weighted by molar-refractivity contribution is 0.0663. The van der Waals surface area contributed by atoms with Gasteiger partial charge in [-0.05, 0) is 60.2 Å². The Bertz CT molecular complexity index is 1420. The SMILES string of the molecule is Cl.Cl.O=C(O)c1ccc(-c2ccc3ncnc(Nc4ccc(OCc5ccccc5)cc4)c3c2)o1. The summed E-state index contributed by atoms with van der Waals surface area (Å²) in [5.41, 5.74) is 3.44. The normalized spacial score (nSPS) is 10.2. The number of ether oxygens (including phenoxy) is 1. The highest BCUT2D eigenvalue weighted by atomic mass is 35.5. The molecule has 0 fully saturated rings. The van der Waals surface area contributed by atoms with Gasteiger partial charge in [0.15, 0.2) is 0 Å². The molecule has 0 atom stereocenters. The summed E-state index contributed by atoms with van der Waals surface area (Å²) in [7, 11) is 0. The maximum atomic E-state index is 11.1. The van der Waals surface area contributed by atoms with E-state index >= 15 is 0 Å². The summed E-state index contributed by atoms with van der Waals surface area (Å²) >= 11 is 0. The number of anilines is 2. The second-order valence-corrected chi connectivity index (χ2v) is 7.35. The van der Waals surface area contributed by atoms with E-state index in [1.807, 2.05) is 72.8 Å². The number of benzene rings is 3. The van der Waals surface area contributed by atoms with E-state index in [2.05, 4.69) is 15.3 Å². The number of halogens is 2. The van der Waals surface area contributed by atoms with E-state index in [9.17, 15) is 4.79 Å². The molecule has 0 aliphatic heterocycles. The number of aromatic carboxylic acids is 1. The Morgan fingerprint density at radius 3 is 2.40 bits per heavy atom. The van der Waals surface area contributed by atoms with Gasteiger partial charge in [-0.15, -0.1) is 24.8 Å². The standard InChI is InChI=1S/C26H19N3O4.2ClH/c30-26(31)24-13-12-23(33-24)18-6-11-22-21(14-18)25(28-16-27-22)29-19-7-9-20(10-8-19)32-15-17-4-2-1-3-5-17;;/h1-14,16H,15H2,(H,30,31)(H,27,28,29);2*1H. The molecule has 0 bridgehead atoms. The van der Waals surface area contributed by atoms with Crippen LogP contribution >= 0.6 is 24.8 Å². The van der Waals surface area contributed by atoms with Crippen LogP contribution in [0.25, 0.3) is 22.2 Å². The number of furan rings is 1. The summed E-state index contributed by atoms with van der Waals surface area (Å²) in [5.74, 6) is 0.645. The zero-order valence-electron chi connectivity index (χ0n) is 18.3. The van der Waals surface area contributed by atoms with Gasteiger partial charge in [-0.2, -0.15) is 0 Å². The Morgan fingerprint density at radius 1 is 0.914 bits per heavy atom. The zero-order valence-corrected chi connectivity index (χ0v) is 19.9. The van der Waals surface area contributed by atoms with E-state index in [4.69, 9.17) is 14.3 Å². The van der Waals surface area contributed by atoms with Crippen LogP contribution in [-0.2, 0) is 6.61 Å². The van der Waals surface area contributed by atoms with Gasteiger partial charge in [0.25, 0.3) is 0 Å². The smallest absolute Gasteiger partial charge is 0.371 e. The number of carbonyl (C=O) groups is 1. The van der Waals surface area contributed by atoms with Crippen LogP contribution in [0.4, 0.5) is 11.5 Å². The number of hydrogen-bond donors (Lipinski definition) is 2. The third-order valence-electron chi connectivity index (χ3n) is 5.10. The first-order chi connectivity index (χ1) is 16.2. The van der Waals surface area contributed by atoms with Gasteiger partial charge in [-0.3, -0.25) is 0 Å². The van der Waals surface area contributed by atoms with E-state index in [1.54, 1.807) is 6.07 Å². The molecule has 2 N–H and O–H groups in total. The lowest BCUT2D eigenvalue weighted by Gasteiger charge is -2.11. The minimum Gasteiger partial charge on any atom is -0.489 e. The number of aromatic nitrogens is 2. The Balaban J connectivity index is 0.00000171. The molecule has 0 aliphatic rings. The monoisotopic (exact) mass is 509 g/mol. The molecule has 0 unspecified atom stereocenters. The quantitative estimate of drug-likeness (QED) is 0.250. The third kappa shape index (κ3) is 5.90. The van der Waals surface area contributed by atoms with Crippen LogP contribution in [0.3, 0.4) is 0 Å². The lowest BCUT2D eigenvalue weighted by Crippen LogP contribution is -1.97. The number of carboxylic acid groups (broad SMARTS) is 1. The molecule has 0 amide bonds. The van der Waals surface area contributed by atoms with Gasteiger partial charge in [0.1, 0.15) is 30.3 Å². The lowest BCUT2D eigenvalue weighted by atomic mass is 10.1. The first-order valence-corrected chi connectivity index (χ1v) is 10.3. The molecule has 0 saturated heterocycles. The van der Waals surface area contributed by atoms with Gasteiger partial charge in [0, 0.05) is 16.6 Å². The topological polar surface area (TPSA) is 97.5 Å². The van der Waals surface area contributed by atoms with Crippen molar-refractivity contribution in [3.8, 4) is 17.1 Å². The van der Waals surface area contributed by atoms with Crippen LogP contribution in [0.1, 0.15) is 16.1 Å². The molecule has 7 nitrogen and oxygen atoms in total. The van der Waals surface area contributed by atoms with E-state index in [-0.39, 0.29) is 30.6 Å². The molecule has 9 heteroatoms. The van der Waals surface area contributed by atoms with Crippen LogP contribution in [0.2, 0.25) is 0 Å². The highest BCUT2D eigenvalue weighted by Crippen LogP contribution is 2.30. The molecule has 35 heavy (non-hydrogen) atoms. The van der Waals surface area contributed by atoms with Crippen molar-refractivity contribution >= 4 is 53.2 Å². The summed E-state index contributed by atoms with van der Waals surface area (Å²) < 4.78 is 11.3. The fraction of sp³-hybridized carbons (Fsp3) is 0.0385. The Hall–Kier alpha value is -4.07. The van der Waals surface area contributed by atoms with Crippen molar-refractivity contribution in [1.29, 1.82) is 0 Å². The number of rotatable bonds is 7. The molecule has 5 aromatic rings. The average Bonchev–Trinajstić information content (AvgIpc) is 3.35. The molecule has 0 aliphatic carbocycles. The van der Waals surface area contributed by atoms with Crippen LogP contribution in [0.15, 0.2) is 95.7 Å². The molecular weight excluding hydrogens is 489 g/mol. The van der Waals surface area contributed by atoms with Crippen molar-refractivity contribution in [2.75, 3.05) is 5.32 Å². The molecule has 3 aromatic carbocycles.